The third-order valence-electron chi connectivity index (χ3n) is 3.18. The zero-order valence-corrected chi connectivity index (χ0v) is 12.3. The second-order valence-electron chi connectivity index (χ2n) is 5.79. The van der Waals surface area contributed by atoms with Gasteiger partial charge in [0.2, 0.25) is 0 Å². The number of hydrogen-bond acceptors (Lipinski definition) is 3. The fourth-order valence-corrected chi connectivity index (χ4v) is 2.34. The van der Waals surface area contributed by atoms with E-state index in [1.54, 1.807) is 0 Å². The quantitative estimate of drug-likeness (QED) is 0.793. The molecule has 102 valence electrons. The molecule has 4 heteroatoms. The molecule has 2 aromatic heterocycles. The zero-order valence-electron chi connectivity index (χ0n) is 12.3. The Hall–Kier alpha value is -1.71. The third kappa shape index (κ3) is 2.53. The number of nitrogens with zero attached hydrogens (tertiary/aromatic N) is 3. The first-order valence-electron chi connectivity index (χ1n) is 6.75. The van der Waals surface area contributed by atoms with Crippen molar-refractivity contribution in [2.45, 2.75) is 40.0 Å². The molecule has 2 heterocycles. The number of aldehydes is 1. The summed E-state index contributed by atoms with van der Waals surface area (Å²) in [5.41, 5.74) is 2.51. The number of aromatic nitrogens is 3. The van der Waals surface area contributed by atoms with Crippen LogP contribution in [0.1, 0.15) is 55.5 Å². The van der Waals surface area contributed by atoms with Gasteiger partial charge in [0.1, 0.15) is 11.5 Å². The first-order chi connectivity index (χ1) is 8.93. The predicted octanol–water partition coefficient (Wildman–Crippen LogP) is 3.10. The van der Waals surface area contributed by atoms with Crippen LogP contribution in [0.4, 0.5) is 0 Å². The third-order valence-corrected chi connectivity index (χ3v) is 3.18. The van der Waals surface area contributed by atoms with E-state index in [-0.39, 0.29) is 5.92 Å². The Balaban J connectivity index is 2.73. The zero-order chi connectivity index (χ0) is 14.2. The highest BCUT2D eigenvalue weighted by Crippen LogP contribution is 2.26. The first-order valence-corrected chi connectivity index (χ1v) is 6.75. The van der Waals surface area contributed by atoms with Crippen LogP contribution in [0.2, 0.25) is 0 Å². The minimum Gasteiger partial charge on any atom is -0.335 e. The lowest BCUT2D eigenvalue weighted by molar-refractivity contribution is 0.112. The van der Waals surface area contributed by atoms with Gasteiger partial charge < -0.3 is 4.57 Å². The summed E-state index contributed by atoms with van der Waals surface area (Å²) in [5.74, 6) is 1.66. The van der Waals surface area contributed by atoms with E-state index in [1.165, 1.54) is 0 Å². The molecular weight excluding hydrogens is 238 g/mol. The summed E-state index contributed by atoms with van der Waals surface area (Å²) in [6, 6.07) is 0. The lowest BCUT2D eigenvalue weighted by Crippen LogP contribution is -2.07. The van der Waals surface area contributed by atoms with Crippen LogP contribution in [0, 0.1) is 5.92 Å². The summed E-state index contributed by atoms with van der Waals surface area (Å²) in [6.07, 6.45) is 3.58. The molecule has 2 rings (SSSR count). The number of carbonyl (C=O) groups is 1. The van der Waals surface area contributed by atoms with Crippen LogP contribution in [0.15, 0.2) is 6.20 Å². The van der Waals surface area contributed by atoms with Crippen LogP contribution in [-0.2, 0) is 13.5 Å². The molecule has 19 heavy (non-hydrogen) atoms. The minimum atomic E-state index is 0.275. The van der Waals surface area contributed by atoms with Gasteiger partial charge in [0, 0.05) is 25.2 Å². The molecule has 0 fully saturated rings. The average Bonchev–Trinajstić information content (AvgIpc) is 2.64. The van der Waals surface area contributed by atoms with Crippen LogP contribution >= 0.6 is 0 Å². The van der Waals surface area contributed by atoms with E-state index in [0.29, 0.717) is 11.5 Å². The topological polar surface area (TPSA) is 47.8 Å². The van der Waals surface area contributed by atoms with Gasteiger partial charge in [0.25, 0.3) is 0 Å². The number of rotatable bonds is 4. The Bertz CT molecular complexity index is 611. The maximum atomic E-state index is 11.2. The normalized spacial score (nSPS) is 11.7. The molecule has 0 aliphatic carbocycles. The van der Waals surface area contributed by atoms with E-state index < -0.39 is 0 Å². The maximum absolute atomic E-state index is 11.2. The molecule has 0 atom stereocenters. The summed E-state index contributed by atoms with van der Waals surface area (Å²) < 4.78 is 1.91. The van der Waals surface area contributed by atoms with E-state index in [0.717, 1.165) is 35.3 Å². The van der Waals surface area contributed by atoms with Crippen molar-refractivity contribution in [2.75, 3.05) is 0 Å². The largest absolute Gasteiger partial charge is 0.335 e. The molecule has 0 saturated carbocycles. The van der Waals surface area contributed by atoms with Crippen LogP contribution in [0.25, 0.3) is 11.0 Å². The summed E-state index contributed by atoms with van der Waals surface area (Å²) in [7, 11) is 1.92. The molecule has 0 aromatic carbocycles. The average molecular weight is 259 g/mol. The van der Waals surface area contributed by atoms with Gasteiger partial charge in [-0.3, -0.25) is 4.79 Å². The van der Waals surface area contributed by atoms with Crippen molar-refractivity contribution in [1.29, 1.82) is 0 Å². The highest BCUT2D eigenvalue weighted by molar-refractivity contribution is 5.97. The van der Waals surface area contributed by atoms with E-state index >= 15 is 0 Å². The Kier molecular flexibility index (Phi) is 3.69. The van der Waals surface area contributed by atoms with Crippen molar-refractivity contribution in [3.05, 3.63) is 23.3 Å². The first kappa shape index (κ1) is 13.7. The van der Waals surface area contributed by atoms with Crippen molar-refractivity contribution in [3.63, 3.8) is 0 Å². The van der Waals surface area contributed by atoms with E-state index in [1.807, 2.05) is 17.8 Å². The lowest BCUT2D eigenvalue weighted by Gasteiger charge is -2.11. The smallest absolute Gasteiger partial charge is 0.152 e. The molecular formula is C15H21N3O. The second kappa shape index (κ2) is 5.11. The number of aryl methyl sites for hydroxylation is 1. The molecule has 0 N–H and O–H groups in total. The SMILES string of the molecule is CC(C)Cc1nc(C(C)C)c2c(C=O)cn(C)c2n1. The predicted molar refractivity (Wildman–Crippen MR) is 76.5 cm³/mol. The highest BCUT2D eigenvalue weighted by atomic mass is 16.1. The summed E-state index contributed by atoms with van der Waals surface area (Å²) in [6.45, 7) is 8.51. The van der Waals surface area contributed by atoms with Crippen LogP contribution in [0.5, 0.6) is 0 Å². The van der Waals surface area contributed by atoms with Gasteiger partial charge in [0.05, 0.1) is 11.1 Å². The van der Waals surface area contributed by atoms with Crippen molar-refractivity contribution in [2.24, 2.45) is 13.0 Å². The Morgan fingerprint density at radius 1 is 1.26 bits per heavy atom. The number of carbonyl (C=O) groups excluding carboxylic acids is 1. The summed E-state index contributed by atoms with van der Waals surface area (Å²) >= 11 is 0. The van der Waals surface area contributed by atoms with Gasteiger partial charge in [-0.2, -0.15) is 0 Å². The fourth-order valence-electron chi connectivity index (χ4n) is 2.34. The summed E-state index contributed by atoms with van der Waals surface area (Å²) in [5, 5.41) is 0.903. The van der Waals surface area contributed by atoms with Crippen molar-refractivity contribution >= 4 is 17.3 Å². The van der Waals surface area contributed by atoms with Crippen molar-refractivity contribution in [1.82, 2.24) is 14.5 Å². The second-order valence-corrected chi connectivity index (χ2v) is 5.79. The molecule has 2 aromatic rings. The Morgan fingerprint density at radius 2 is 1.95 bits per heavy atom. The minimum absolute atomic E-state index is 0.275. The molecule has 0 aliphatic rings. The van der Waals surface area contributed by atoms with Gasteiger partial charge in [-0.25, -0.2) is 9.97 Å². The van der Waals surface area contributed by atoms with Crippen molar-refractivity contribution in [3.8, 4) is 0 Å². The van der Waals surface area contributed by atoms with Crippen LogP contribution in [0.3, 0.4) is 0 Å². The molecule has 0 bridgehead atoms. The Labute approximate surface area is 113 Å². The van der Waals surface area contributed by atoms with Gasteiger partial charge in [-0.15, -0.1) is 0 Å². The monoisotopic (exact) mass is 259 g/mol. The van der Waals surface area contributed by atoms with E-state index in [9.17, 15) is 4.79 Å². The molecule has 0 unspecified atom stereocenters. The number of fused-ring (bicyclic) bond motifs is 1. The van der Waals surface area contributed by atoms with Gasteiger partial charge >= 0.3 is 0 Å². The van der Waals surface area contributed by atoms with Crippen molar-refractivity contribution < 1.29 is 4.79 Å². The summed E-state index contributed by atoms with van der Waals surface area (Å²) in [4.78, 5) is 20.5. The standard InChI is InChI=1S/C15H21N3O/c1-9(2)6-12-16-14(10(3)4)13-11(8-19)7-18(5)15(13)17-12/h7-10H,6H2,1-5H3. The van der Waals surface area contributed by atoms with Crippen LogP contribution in [-0.4, -0.2) is 20.8 Å². The maximum Gasteiger partial charge on any atom is 0.152 e. The van der Waals surface area contributed by atoms with Gasteiger partial charge in [-0.1, -0.05) is 27.7 Å². The van der Waals surface area contributed by atoms with E-state index in [2.05, 4.69) is 37.7 Å². The number of hydrogen-bond donors (Lipinski definition) is 0. The Morgan fingerprint density at radius 3 is 2.47 bits per heavy atom. The van der Waals surface area contributed by atoms with E-state index in [4.69, 9.17) is 0 Å². The van der Waals surface area contributed by atoms with Gasteiger partial charge in [0.15, 0.2) is 6.29 Å². The highest BCUT2D eigenvalue weighted by Gasteiger charge is 2.17. The molecule has 0 radical (unpaired) electrons. The lowest BCUT2D eigenvalue weighted by atomic mass is 10.0. The van der Waals surface area contributed by atoms with Crippen LogP contribution < -0.4 is 0 Å². The molecule has 4 nitrogen and oxygen atoms in total. The molecule has 0 spiro atoms. The molecule has 0 aliphatic heterocycles. The fraction of sp³-hybridized carbons (Fsp3) is 0.533. The molecule has 0 saturated heterocycles. The van der Waals surface area contributed by atoms with Gasteiger partial charge in [-0.05, 0) is 11.8 Å². The molecule has 0 amide bonds.